The summed E-state index contributed by atoms with van der Waals surface area (Å²) in [6.07, 6.45) is -4.14. The highest BCUT2D eigenvalue weighted by Gasteiger charge is 2.12. The normalized spacial score (nSPS) is 12.7. The van der Waals surface area contributed by atoms with Crippen LogP contribution in [0.1, 0.15) is 29.6 Å². The Morgan fingerprint density at radius 1 is 1.06 bits per heavy atom. The summed E-state index contributed by atoms with van der Waals surface area (Å²) in [4.78, 5) is 11.6. The number of rotatable bonds is 7. The quantitative estimate of drug-likeness (QED) is 0.737. The molecule has 0 amide bonds. The number of thioether (sulfide) groups is 1. The number of halogens is 3. The predicted octanol–water partition coefficient (Wildman–Crippen LogP) is 4.33. The number of carbonyl (C=O) groups is 1. The SMILES string of the molecule is O=C(SCCC(F)CCC(F)F)c1ccccc1. The summed E-state index contributed by atoms with van der Waals surface area (Å²) in [6, 6.07) is 8.71. The minimum Gasteiger partial charge on any atom is -0.282 e. The minimum absolute atomic E-state index is 0.114. The van der Waals surface area contributed by atoms with Gasteiger partial charge in [0.15, 0.2) is 0 Å². The van der Waals surface area contributed by atoms with E-state index in [0.29, 0.717) is 11.3 Å². The molecule has 18 heavy (non-hydrogen) atoms. The highest BCUT2D eigenvalue weighted by molar-refractivity contribution is 8.14. The molecule has 1 rings (SSSR count). The van der Waals surface area contributed by atoms with Gasteiger partial charge < -0.3 is 0 Å². The van der Waals surface area contributed by atoms with Gasteiger partial charge in [0.2, 0.25) is 11.5 Å². The molecule has 0 aliphatic rings. The molecule has 0 heterocycles. The summed E-state index contributed by atoms with van der Waals surface area (Å²) in [5, 5.41) is -0.114. The zero-order chi connectivity index (χ0) is 13.4. The molecule has 0 N–H and O–H groups in total. The number of alkyl halides is 3. The largest absolute Gasteiger partial charge is 0.282 e. The standard InChI is InChI=1S/C13H15F3OS/c14-11(6-7-12(15)16)8-9-18-13(17)10-4-2-1-3-5-10/h1-5,11-12H,6-9H2. The monoisotopic (exact) mass is 276 g/mol. The van der Waals surface area contributed by atoms with Gasteiger partial charge in [-0.05, 0) is 12.8 Å². The molecule has 0 bridgehead atoms. The molecule has 1 nitrogen and oxygen atoms in total. The molecule has 1 unspecified atom stereocenters. The van der Waals surface area contributed by atoms with Gasteiger partial charge in [0, 0.05) is 17.7 Å². The average Bonchev–Trinajstić information content (AvgIpc) is 2.37. The summed E-state index contributed by atoms with van der Waals surface area (Å²) >= 11 is 1.03. The van der Waals surface area contributed by atoms with Crippen molar-refractivity contribution in [3.63, 3.8) is 0 Å². The first kappa shape index (κ1) is 15.1. The predicted molar refractivity (Wildman–Crippen MR) is 68.0 cm³/mol. The number of carbonyl (C=O) groups excluding carboxylic acids is 1. The Balaban J connectivity index is 2.20. The van der Waals surface area contributed by atoms with E-state index < -0.39 is 19.0 Å². The second-order valence-electron chi connectivity index (χ2n) is 3.86. The van der Waals surface area contributed by atoms with Crippen molar-refractivity contribution >= 4 is 16.9 Å². The Morgan fingerprint density at radius 3 is 2.33 bits per heavy atom. The van der Waals surface area contributed by atoms with Crippen LogP contribution < -0.4 is 0 Å². The Hall–Kier alpha value is -0.970. The van der Waals surface area contributed by atoms with Crippen molar-refractivity contribution in [1.82, 2.24) is 0 Å². The maximum absolute atomic E-state index is 13.2. The molecular weight excluding hydrogens is 261 g/mol. The van der Waals surface area contributed by atoms with Crippen LogP contribution >= 0.6 is 11.8 Å². The first-order valence-corrected chi connectivity index (χ1v) is 6.72. The molecule has 100 valence electrons. The smallest absolute Gasteiger partial charge is 0.238 e. The minimum atomic E-state index is -2.46. The third-order valence-electron chi connectivity index (χ3n) is 2.37. The fourth-order valence-electron chi connectivity index (χ4n) is 1.39. The molecule has 0 saturated heterocycles. The molecule has 1 aromatic carbocycles. The van der Waals surface area contributed by atoms with Gasteiger partial charge in [0.25, 0.3) is 0 Å². The molecule has 0 aromatic heterocycles. The van der Waals surface area contributed by atoms with Gasteiger partial charge in [-0.15, -0.1) is 0 Å². The molecule has 0 fully saturated rings. The van der Waals surface area contributed by atoms with Crippen LogP contribution in [0.15, 0.2) is 30.3 Å². The zero-order valence-corrected chi connectivity index (χ0v) is 10.6. The van der Waals surface area contributed by atoms with Crippen molar-refractivity contribution in [2.75, 3.05) is 5.75 Å². The summed E-state index contributed by atoms with van der Waals surface area (Å²) in [5.41, 5.74) is 0.575. The highest BCUT2D eigenvalue weighted by Crippen LogP contribution is 2.17. The van der Waals surface area contributed by atoms with Crippen LogP contribution in [-0.2, 0) is 0 Å². The lowest BCUT2D eigenvalue weighted by Gasteiger charge is -2.07. The van der Waals surface area contributed by atoms with Crippen LogP contribution in [-0.4, -0.2) is 23.5 Å². The van der Waals surface area contributed by atoms with Crippen LogP contribution in [0.3, 0.4) is 0 Å². The van der Waals surface area contributed by atoms with Crippen molar-refractivity contribution in [2.45, 2.75) is 31.9 Å². The van der Waals surface area contributed by atoms with E-state index >= 15 is 0 Å². The maximum atomic E-state index is 13.2. The first-order valence-electron chi connectivity index (χ1n) is 5.74. The Morgan fingerprint density at radius 2 is 1.72 bits per heavy atom. The van der Waals surface area contributed by atoms with Crippen molar-refractivity contribution in [3.8, 4) is 0 Å². The second kappa shape index (κ2) is 8.19. The Kier molecular flexibility index (Phi) is 6.86. The second-order valence-corrected chi connectivity index (χ2v) is 4.92. The lowest BCUT2D eigenvalue weighted by Crippen LogP contribution is -2.06. The summed E-state index contributed by atoms with van der Waals surface area (Å²) in [6.45, 7) is 0. The molecule has 5 heteroatoms. The van der Waals surface area contributed by atoms with Crippen LogP contribution in [0.4, 0.5) is 13.2 Å². The van der Waals surface area contributed by atoms with Crippen LogP contribution in [0.25, 0.3) is 0 Å². The number of hydrogen-bond donors (Lipinski definition) is 0. The fourth-order valence-corrected chi connectivity index (χ4v) is 2.25. The topological polar surface area (TPSA) is 17.1 Å². The molecule has 1 aromatic rings. The van der Waals surface area contributed by atoms with Crippen molar-refractivity contribution in [2.24, 2.45) is 0 Å². The van der Waals surface area contributed by atoms with Crippen molar-refractivity contribution in [3.05, 3.63) is 35.9 Å². The first-order chi connectivity index (χ1) is 8.59. The van der Waals surface area contributed by atoms with E-state index in [9.17, 15) is 18.0 Å². The van der Waals surface area contributed by atoms with Gasteiger partial charge in [-0.2, -0.15) is 0 Å². The van der Waals surface area contributed by atoms with E-state index in [4.69, 9.17) is 0 Å². The molecule has 0 spiro atoms. The van der Waals surface area contributed by atoms with Gasteiger partial charge in [0.05, 0.1) is 0 Å². The number of benzene rings is 1. The molecule has 0 aliphatic carbocycles. The molecule has 1 atom stereocenters. The lowest BCUT2D eigenvalue weighted by molar-refractivity contribution is 0.108. The summed E-state index contributed by atoms with van der Waals surface area (Å²) < 4.78 is 36.8. The van der Waals surface area contributed by atoms with Gasteiger partial charge in [0.1, 0.15) is 6.17 Å². The van der Waals surface area contributed by atoms with Gasteiger partial charge in [-0.3, -0.25) is 4.79 Å². The third-order valence-corrected chi connectivity index (χ3v) is 3.31. The van der Waals surface area contributed by atoms with Gasteiger partial charge in [-0.25, -0.2) is 13.2 Å². The van der Waals surface area contributed by atoms with Crippen molar-refractivity contribution in [1.29, 1.82) is 0 Å². The van der Waals surface area contributed by atoms with Crippen LogP contribution in [0.5, 0.6) is 0 Å². The molecular formula is C13H15F3OS. The number of hydrogen-bond acceptors (Lipinski definition) is 2. The molecule has 0 aliphatic heterocycles. The zero-order valence-electron chi connectivity index (χ0n) is 9.82. The van der Waals surface area contributed by atoms with E-state index in [2.05, 4.69) is 0 Å². The van der Waals surface area contributed by atoms with E-state index in [1.165, 1.54) is 0 Å². The highest BCUT2D eigenvalue weighted by atomic mass is 32.2. The lowest BCUT2D eigenvalue weighted by atomic mass is 10.2. The molecule has 0 radical (unpaired) electrons. The summed E-state index contributed by atoms with van der Waals surface area (Å²) in [7, 11) is 0. The molecule has 0 saturated carbocycles. The van der Waals surface area contributed by atoms with E-state index in [0.717, 1.165) is 11.8 Å². The van der Waals surface area contributed by atoms with Crippen LogP contribution in [0, 0.1) is 0 Å². The average molecular weight is 276 g/mol. The van der Waals surface area contributed by atoms with Crippen molar-refractivity contribution < 1.29 is 18.0 Å². The van der Waals surface area contributed by atoms with E-state index in [1.807, 2.05) is 6.07 Å². The fraction of sp³-hybridized carbons (Fsp3) is 0.462. The Labute approximate surface area is 109 Å². The summed E-state index contributed by atoms with van der Waals surface area (Å²) in [5.74, 6) is 0.318. The van der Waals surface area contributed by atoms with E-state index in [-0.39, 0.29) is 18.0 Å². The van der Waals surface area contributed by atoms with Gasteiger partial charge >= 0.3 is 0 Å². The van der Waals surface area contributed by atoms with E-state index in [1.54, 1.807) is 24.3 Å². The van der Waals surface area contributed by atoms with Gasteiger partial charge in [-0.1, -0.05) is 42.1 Å². The maximum Gasteiger partial charge on any atom is 0.238 e. The Bertz CT molecular complexity index is 357. The van der Waals surface area contributed by atoms with Crippen LogP contribution in [0.2, 0.25) is 0 Å². The third kappa shape index (κ3) is 6.10.